The highest BCUT2D eigenvalue weighted by Gasteiger charge is 2.26. The van der Waals surface area contributed by atoms with Gasteiger partial charge in [-0.3, -0.25) is 9.59 Å². The van der Waals surface area contributed by atoms with Gasteiger partial charge in [0.2, 0.25) is 5.91 Å². The fourth-order valence-corrected chi connectivity index (χ4v) is 2.61. The topological polar surface area (TPSA) is 73.2 Å². The molecule has 0 bridgehead atoms. The monoisotopic (exact) mass is 271 g/mol. The first-order valence-corrected chi connectivity index (χ1v) is 6.65. The molecular weight excluding hydrogens is 254 g/mol. The normalized spacial score (nSPS) is 18.2. The smallest absolute Gasteiger partial charge is 0.224 e. The van der Waals surface area contributed by atoms with Crippen molar-refractivity contribution in [1.29, 1.82) is 5.26 Å². The molecule has 1 saturated heterocycles. The van der Waals surface area contributed by atoms with E-state index in [4.69, 9.17) is 0 Å². The van der Waals surface area contributed by atoms with E-state index in [1.807, 2.05) is 0 Å². The van der Waals surface area contributed by atoms with E-state index >= 15 is 0 Å². The van der Waals surface area contributed by atoms with Gasteiger partial charge in [0, 0.05) is 25.7 Å². The van der Waals surface area contributed by atoms with Crippen molar-refractivity contribution in [2.75, 3.05) is 25.0 Å². The Kier molecular flexibility index (Phi) is 4.36. The summed E-state index contributed by atoms with van der Waals surface area (Å²) in [6.07, 6.45) is 2.51. The van der Waals surface area contributed by atoms with E-state index in [1.165, 1.54) is 0 Å². The van der Waals surface area contributed by atoms with Crippen molar-refractivity contribution in [2.45, 2.75) is 12.8 Å². The maximum absolute atomic E-state index is 11.7. The zero-order chi connectivity index (χ0) is 14.5. The lowest BCUT2D eigenvalue weighted by molar-refractivity contribution is -0.124. The number of carbonyl (C=O) groups excluding carboxylic acids is 2. The van der Waals surface area contributed by atoms with Gasteiger partial charge in [0.05, 0.1) is 17.2 Å². The van der Waals surface area contributed by atoms with Crippen LogP contribution in [0.4, 0.5) is 5.69 Å². The molecule has 1 aliphatic rings. The van der Waals surface area contributed by atoms with Crippen molar-refractivity contribution in [3.8, 4) is 6.07 Å². The van der Waals surface area contributed by atoms with Crippen molar-refractivity contribution in [2.24, 2.45) is 5.92 Å². The lowest BCUT2D eigenvalue weighted by atomic mass is 9.96. The number of amides is 1. The van der Waals surface area contributed by atoms with Crippen molar-refractivity contribution in [3.63, 3.8) is 0 Å². The van der Waals surface area contributed by atoms with Gasteiger partial charge in [0.25, 0.3) is 0 Å². The molecule has 1 heterocycles. The molecule has 1 amide bonds. The number of rotatable bonds is 3. The van der Waals surface area contributed by atoms with Gasteiger partial charge in [-0.2, -0.15) is 5.26 Å². The third-order valence-electron chi connectivity index (χ3n) is 3.66. The van der Waals surface area contributed by atoms with Crippen LogP contribution in [0.2, 0.25) is 0 Å². The van der Waals surface area contributed by atoms with Gasteiger partial charge < -0.3 is 10.2 Å². The van der Waals surface area contributed by atoms with E-state index in [-0.39, 0.29) is 11.8 Å². The first-order valence-electron chi connectivity index (χ1n) is 6.65. The highest BCUT2D eigenvalue weighted by molar-refractivity contribution is 5.80. The zero-order valence-corrected chi connectivity index (χ0v) is 11.4. The number of carbonyl (C=O) groups is 2. The first-order chi connectivity index (χ1) is 9.69. The lowest BCUT2D eigenvalue weighted by Crippen LogP contribution is -2.42. The largest absolute Gasteiger partial charge is 0.370 e. The molecule has 0 spiro atoms. The second-order valence-corrected chi connectivity index (χ2v) is 4.91. The Hall–Kier alpha value is -2.35. The quantitative estimate of drug-likeness (QED) is 0.842. The van der Waals surface area contributed by atoms with Crippen LogP contribution in [0.1, 0.15) is 28.8 Å². The average Bonchev–Trinajstić information content (AvgIpc) is 2.53. The molecule has 0 saturated carbocycles. The number of aldehydes is 1. The molecule has 5 heteroatoms. The summed E-state index contributed by atoms with van der Waals surface area (Å²) < 4.78 is 0. The predicted octanol–water partition coefficient (Wildman–Crippen LogP) is 1.33. The summed E-state index contributed by atoms with van der Waals surface area (Å²) in [5.74, 6) is -0.0104. The molecule has 5 nitrogen and oxygen atoms in total. The second-order valence-electron chi connectivity index (χ2n) is 4.91. The zero-order valence-electron chi connectivity index (χ0n) is 11.4. The van der Waals surface area contributed by atoms with Crippen LogP contribution in [0.3, 0.4) is 0 Å². The van der Waals surface area contributed by atoms with Crippen LogP contribution in [-0.2, 0) is 4.79 Å². The molecule has 1 unspecified atom stereocenters. The molecule has 0 aromatic heterocycles. The number of anilines is 1. The number of benzene rings is 1. The molecule has 1 fully saturated rings. The van der Waals surface area contributed by atoms with E-state index in [0.29, 0.717) is 17.7 Å². The van der Waals surface area contributed by atoms with E-state index in [1.54, 1.807) is 25.2 Å². The minimum atomic E-state index is -0.0500. The lowest BCUT2D eigenvalue weighted by Gasteiger charge is -2.34. The van der Waals surface area contributed by atoms with Gasteiger partial charge >= 0.3 is 0 Å². The molecule has 104 valence electrons. The van der Waals surface area contributed by atoms with Crippen LogP contribution in [0.25, 0.3) is 0 Å². The van der Waals surface area contributed by atoms with Crippen molar-refractivity contribution < 1.29 is 9.59 Å². The fraction of sp³-hybridized carbons (Fsp3) is 0.400. The van der Waals surface area contributed by atoms with Crippen LogP contribution >= 0.6 is 0 Å². The summed E-state index contributed by atoms with van der Waals surface area (Å²) in [5.41, 5.74) is 1.77. The van der Waals surface area contributed by atoms with Crippen LogP contribution < -0.4 is 10.2 Å². The number of piperidine rings is 1. The summed E-state index contributed by atoms with van der Waals surface area (Å²) in [6.45, 7) is 1.43. The summed E-state index contributed by atoms with van der Waals surface area (Å²) in [4.78, 5) is 24.6. The van der Waals surface area contributed by atoms with Crippen molar-refractivity contribution in [3.05, 3.63) is 29.3 Å². The molecular formula is C15H17N3O2. The van der Waals surface area contributed by atoms with Crippen LogP contribution in [-0.4, -0.2) is 32.3 Å². The molecule has 1 atom stereocenters. The molecule has 0 radical (unpaired) electrons. The number of nitrogens with one attached hydrogen (secondary N) is 1. The Labute approximate surface area is 118 Å². The van der Waals surface area contributed by atoms with Gasteiger partial charge in [-0.1, -0.05) is 0 Å². The third kappa shape index (κ3) is 2.80. The Bertz CT molecular complexity index is 563. The van der Waals surface area contributed by atoms with Gasteiger partial charge in [-0.15, -0.1) is 0 Å². The van der Waals surface area contributed by atoms with Gasteiger partial charge in [-0.05, 0) is 31.0 Å². The maximum Gasteiger partial charge on any atom is 0.224 e. The molecule has 1 N–H and O–H groups in total. The number of hydrogen-bond donors (Lipinski definition) is 1. The summed E-state index contributed by atoms with van der Waals surface area (Å²) >= 11 is 0. The minimum absolute atomic E-state index is 0.0396. The van der Waals surface area contributed by atoms with Gasteiger partial charge in [0.1, 0.15) is 12.4 Å². The van der Waals surface area contributed by atoms with Crippen LogP contribution in [0.5, 0.6) is 0 Å². The summed E-state index contributed by atoms with van der Waals surface area (Å²) in [5, 5.41) is 11.9. The molecule has 0 aliphatic carbocycles. The Morgan fingerprint density at radius 3 is 3.00 bits per heavy atom. The Balaban J connectivity index is 2.25. The fourth-order valence-electron chi connectivity index (χ4n) is 2.61. The van der Waals surface area contributed by atoms with Gasteiger partial charge in [-0.25, -0.2) is 0 Å². The van der Waals surface area contributed by atoms with E-state index < -0.39 is 0 Å². The highest BCUT2D eigenvalue weighted by Crippen LogP contribution is 2.26. The molecule has 20 heavy (non-hydrogen) atoms. The standard InChI is InChI=1S/C15H17N3O2/c1-17-15(20)12-3-2-6-18(9-12)14-5-4-11(10-19)7-13(14)8-16/h4-5,7,10,12H,2-3,6,9H2,1H3,(H,17,20). The van der Waals surface area contributed by atoms with Crippen molar-refractivity contribution >= 4 is 17.9 Å². The average molecular weight is 271 g/mol. The second kappa shape index (κ2) is 6.20. The Morgan fingerprint density at radius 2 is 2.35 bits per heavy atom. The number of hydrogen-bond acceptors (Lipinski definition) is 4. The predicted molar refractivity (Wildman–Crippen MR) is 75.5 cm³/mol. The number of nitrogens with zero attached hydrogens (tertiary/aromatic N) is 2. The SMILES string of the molecule is CNC(=O)C1CCCN(c2ccc(C=O)cc2C#N)C1. The van der Waals surface area contributed by atoms with Crippen molar-refractivity contribution in [1.82, 2.24) is 5.32 Å². The molecule has 2 rings (SSSR count). The van der Waals surface area contributed by atoms with Gasteiger partial charge in [0.15, 0.2) is 0 Å². The highest BCUT2D eigenvalue weighted by atomic mass is 16.1. The van der Waals surface area contributed by atoms with Crippen LogP contribution in [0, 0.1) is 17.2 Å². The minimum Gasteiger partial charge on any atom is -0.370 e. The summed E-state index contributed by atoms with van der Waals surface area (Å²) in [7, 11) is 1.64. The van der Waals surface area contributed by atoms with E-state index in [2.05, 4.69) is 16.3 Å². The third-order valence-corrected chi connectivity index (χ3v) is 3.66. The van der Waals surface area contributed by atoms with Crippen LogP contribution in [0.15, 0.2) is 18.2 Å². The molecule has 1 aliphatic heterocycles. The first kappa shape index (κ1) is 14.1. The molecule has 1 aromatic carbocycles. The molecule has 1 aromatic rings. The maximum atomic E-state index is 11.7. The number of nitriles is 1. The summed E-state index contributed by atoms with van der Waals surface area (Å²) in [6, 6.07) is 7.20. The van der Waals surface area contributed by atoms with E-state index in [9.17, 15) is 14.9 Å². The Morgan fingerprint density at radius 1 is 1.55 bits per heavy atom. The van der Waals surface area contributed by atoms with E-state index in [0.717, 1.165) is 31.4 Å².